The van der Waals surface area contributed by atoms with Crippen LogP contribution in [-0.4, -0.2) is 50.4 Å². The summed E-state index contributed by atoms with van der Waals surface area (Å²) >= 11 is 1.53. The molecule has 0 aliphatic rings. The van der Waals surface area contributed by atoms with E-state index in [0.29, 0.717) is 29.0 Å². The van der Waals surface area contributed by atoms with Gasteiger partial charge in [0.15, 0.2) is 5.78 Å². The van der Waals surface area contributed by atoms with Crippen LogP contribution >= 0.6 is 11.8 Å². The summed E-state index contributed by atoms with van der Waals surface area (Å²) < 4.78 is 1.79. The Kier molecular flexibility index (Phi) is 8.81. The normalized spacial score (nSPS) is 11.9. The Morgan fingerprint density at radius 1 is 1.18 bits per heavy atom. The predicted octanol–water partition coefficient (Wildman–Crippen LogP) is 3.85. The molecule has 0 aliphatic carbocycles. The summed E-state index contributed by atoms with van der Waals surface area (Å²) in [6.45, 7) is 0. The number of rotatable bonds is 11. The molecule has 1 heterocycles. The predicted molar refractivity (Wildman–Crippen MR) is 135 cm³/mol. The van der Waals surface area contributed by atoms with Crippen molar-refractivity contribution in [3.63, 3.8) is 0 Å². The molecule has 0 spiro atoms. The van der Waals surface area contributed by atoms with E-state index in [1.54, 1.807) is 35.3 Å². The first kappa shape index (κ1) is 25.0. The second kappa shape index (κ2) is 12.0. The minimum atomic E-state index is -1.06. The van der Waals surface area contributed by atoms with Crippen LogP contribution in [0.4, 0.5) is 0 Å². The quantitative estimate of drug-likeness (QED) is 0.407. The first-order chi connectivity index (χ1) is 16.4. The number of aromatic nitrogens is 2. The van der Waals surface area contributed by atoms with Crippen molar-refractivity contribution in [2.75, 3.05) is 12.0 Å². The molecule has 7 nitrogen and oxygen atoms in total. The lowest BCUT2D eigenvalue weighted by Crippen LogP contribution is -2.41. The Balaban J connectivity index is 1.85. The number of imidazole rings is 1. The van der Waals surface area contributed by atoms with Gasteiger partial charge in [0.25, 0.3) is 5.91 Å². The highest BCUT2D eigenvalue weighted by molar-refractivity contribution is 7.98. The van der Waals surface area contributed by atoms with Gasteiger partial charge < -0.3 is 15.0 Å². The van der Waals surface area contributed by atoms with Crippen molar-refractivity contribution in [1.82, 2.24) is 14.9 Å². The molecule has 8 heteroatoms. The van der Waals surface area contributed by atoms with Gasteiger partial charge in [-0.15, -0.1) is 0 Å². The second-order valence-electron chi connectivity index (χ2n) is 7.82. The third-order valence-electron chi connectivity index (χ3n) is 5.16. The van der Waals surface area contributed by atoms with Crippen molar-refractivity contribution in [3.8, 4) is 11.1 Å². The number of nitrogens with zero attached hydrogens (tertiary/aromatic N) is 2. The molecule has 0 aliphatic heterocycles. The molecule has 2 N–H and O–H groups in total. The first-order valence-corrected chi connectivity index (χ1v) is 12.2. The molecule has 0 saturated carbocycles. The Morgan fingerprint density at radius 3 is 2.59 bits per heavy atom. The Bertz CT molecular complexity index is 1190. The summed E-state index contributed by atoms with van der Waals surface area (Å²) in [5, 5.41) is 12.1. The number of carboxylic acid groups (broad SMARTS) is 1. The van der Waals surface area contributed by atoms with Crippen LogP contribution in [0.5, 0.6) is 0 Å². The van der Waals surface area contributed by atoms with E-state index in [1.807, 2.05) is 49.7 Å². The van der Waals surface area contributed by atoms with Crippen LogP contribution < -0.4 is 5.32 Å². The van der Waals surface area contributed by atoms with E-state index in [1.165, 1.54) is 17.8 Å². The molecule has 0 radical (unpaired) electrons. The smallest absolute Gasteiger partial charge is 0.326 e. The number of aryl methyl sites for hydroxylation is 1. The Labute approximate surface area is 202 Å². The number of nitrogens with one attached hydrogen (secondary N) is 1. The van der Waals surface area contributed by atoms with Crippen LogP contribution in [0.3, 0.4) is 0 Å². The van der Waals surface area contributed by atoms with Gasteiger partial charge in [0.05, 0.1) is 18.4 Å². The van der Waals surface area contributed by atoms with E-state index in [2.05, 4.69) is 10.3 Å². The summed E-state index contributed by atoms with van der Waals surface area (Å²) in [6.07, 6.45) is 9.09. The molecule has 1 atom stereocenters. The SMILES string of the molecule is CSCCC(NC(=O)c1ccc(/C=C/C(=O)Cc2cn(C)cn2)cc1-c1ccccc1)C(=O)O. The number of amides is 1. The molecule has 0 fully saturated rings. The zero-order chi connectivity index (χ0) is 24.5. The first-order valence-electron chi connectivity index (χ1n) is 10.8. The maximum atomic E-state index is 13.0. The molecular formula is C26H27N3O4S. The fourth-order valence-electron chi connectivity index (χ4n) is 3.43. The van der Waals surface area contributed by atoms with Crippen LogP contribution in [0.1, 0.15) is 28.0 Å². The number of benzene rings is 2. The molecule has 3 rings (SSSR count). The zero-order valence-corrected chi connectivity index (χ0v) is 19.9. The summed E-state index contributed by atoms with van der Waals surface area (Å²) in [5.74, 6) is -0.970. The maximum absolute atomic E-state index is 13.0. The number of carbonyl (C=O) groups excluding carboxylic acids is 2. The number of aliphatic carboxylic acids is 1. The average molecular weight is 478 g/mol. The topological polar surface area (TPSA) is 101 Å². The Morgan fingerprint density at radius 2 is 1.94 bits per heavy atom. The van der Waals surface area contributed by atoms with E-state index in [4.69, 9.17) is 0 Å². The fourth-order valence-corrected chi connectivity index (χ4v) is 3.91. The standard InChI is InChI=1S/C26H27N3O4S/c1-29-16-20(27-17-29)15-21(30)10-8-18-9-11-22(23(14-18)19-6-4-3-5-7-19)25(31)28-24(26(32)33)12-13-34-2/h3-11,14,16-17,24H,12-13,15H2,1-2H3,(H,28,31)(H,32,33)/b10-8+. The molecule has 1 aromatic heterocycles. The highest BCUT2D eigenvalue weighted by Crippen LogP contribution is 2.26. The number of hydrogen-bond acceptors (Lipinski definition) is 5. The lowest BCUT2D eigenvalue weighted by molar-refractivity contribution is -0.139. The molecule has 34 heavy (non-hydrogen) atoms. The van der Waals surface area contributed by atoms with Gasteiger partial charge in [0, 0.05) is 18.8 Å². The van der Waals surface area contributed by atoms with Crippen molar-refractivity contribution in [1.29, 1.82) is 0 Å². The average Bonchev–Trinajstić information content (AvgIpc) is 3.24. The molecular weight excluding hydrogens is 450 g/mol. The summed E-state index contributed by atoms with van der Waals surface area (Å²) in [5.41, 5.74) is 3.30. The summed E-state index contributed by atoms with van der Waals surface area (Å²) in [6, 6.07) is 13.6. The van der Waals surface area contributed by atoms with E-state index in [9.17, 15) is 19.5 Å². The number of thioether (sulfide) groups is 1. The third-order valence-corrected chi connectivity index (χ3v) is 5.81. The third kappa shape index (κ3) is 6.92. The van der Waals surface area contributed by atoms with Crippen LogP contribution in [-0.2, 0) is 23.1 Å². The van der Waals surface area contributed by atoms with Gasteiger partial charge in [0.1, 0.15) is 6.04 Å². The fraction of sp³-hybridized carbons (Fsp3) is 0.231. The number of carboxylic acids is 1. The monoisotopic (exact) mass is 477 g/mol. The van der Waals surface area contributed by atoms with Crippen molar-refractivity contribution >= 4 is 35.5 Å². The number of allylic oxidation sites excluding steroid dienone is 1. The molecule has 0 bridgehead atoms. The van der Waals surface area contributed by atoms with Gasteiger partial charge in [-0.05, 0) is 53.3 Å². The van der Waals surface area contributed by atoms with Gasteiger partial charge in [-0.3, -0.25) is 9.59 Å². The van der Waals surface area contributed by atoms with Gasteiger partial charge in [-0.1, -0.05) is 42.5 Å². The van der Waals surface area contributed by atoms with Crippen LogP contribution in [0, 0.1) is 0 Å². The molecule has 0 saturated heterocycles. The molecule has 176 valence electrons. The van der Waals surface area contributed by atoms with Crippen molar-refractivity contribution in [3.05, 3.63) is 84.0 Å². The van der Waals surface area contributed by atoms with Gasteiger partial charge >= 0.3 is 5.97 Å². The molecule has 1 unspecified atom stereocenters. The van der Waals surface area contributed by atoms with Gasteiger partial charge in [0.2, 0.25) is 0 Å². The van der Waals surface area contributed by atoms with Crippen molar-refractivity contribution < 1.29 is 19.5 Å². The molecule has 2 aromatic carbocycles. The molecule has 1 amide bonds. The largest absolute Gasteiger partial charge is 0.480 e. The van der Waals surface area contributed by atoms with Gasteiger partial charge in [-0.2, -0.15) is 11.8 Å². The minimum Gasteiger partial charge on any atom is -0.480 e. The maximum Gasteiger partial charge on any atom is 0.326 e. The Hall–Kier alpha value is -3.65. The van der Waals surface area contributed by atoms with E-state index in [0.717, 1.165) is 11.1 Å². The number of ketones is 1. The zero-order valence-electron chi connectivity index (χ0n) is 19.1. The van der Waals surface area contributed by atoms with Crippen molar-refractivity contribution in [2.24, 2.45) is 7.05 Å². The number of hydrogen-bond donors (Lipinski definition) is 2. The van der Waals surface area contributed by atoms with Crippen LogP contribution in [0.15, 0.2) is 67.1 Å². The van der Waals surface area contributed by atoms with E-state index in [-0.39, 0.29) is 12.2 Å². The highest BCUT2D eigenvalue weighted by Gasteiger charge is 2.22. The summed E-state index contributed by atoms with van der Waals surface area (Å²) in [4.78, 5) is 41.1. The number of carbonyl (C=O) groups is 3. The van der Waals surface area contributed by atoms with Gasteiger partial charge in [-0.25, -0.2) is 9.78 Å². The van der Waals surface area contributed by atoms with E-state index < -0.39 is 17.9 Å². The van der Waals surface area contributed by atoms with Crippen molar-refractivity contribution in [2.45, 2.75) is 18.9 Å². The lowest BCUT2D eigenvalue weighted by Gasteiger charge is -2.16. The highest BCUT2D eigenvalue weighted by atomic mass is 32.2. The van der Waals surface area contributed by atoms with Crippen LogP contribution in [0.2, 0.25) is 0 Å². The van der Waals surface area contributed by atoms with Crippen LogP contribution in [0.25, 0.3) is 17.2 Å². The summed E-state index contributed by atoms with van der Waals surface area (Å²) in [7, 11) is 1.85. The lowest BCUT2D eigenvalue weighted by atomic mass is 9.96. The molecule has 3 aromatic rings. The van der Waals surface area contributed by atoms with E-state index >= 15 is 0 Å². The minimum absolute atomic E-state index is 0.0834. The second-order valence-corrected chi connectivity index (χ2v) is 8.81.